The topological polar surface area (TPSA) is 103 Å². The van der Waals surface area contributed by atoms with Crippen molar-refractivity contribution in [2.75, 3.05) is 18.4 Å². The van der Waals surface area contributed by atoms with Gasteiger partial charge in [0.15, 0.2) is 0 Å². The highest BCUT2D eigenvalue weighted by Gasteiger charge is 2.25. The summed E-state index contributed by atoms with van der Waals surface area (Å²) in [5.74, 6) is -0.457. The van der Waals surface area contributed by atoms with Crippen LogP contribution >= 0.6 is 15.9 Å². The molecule has 2 aromatic carbocycles. The molecule has 1 heterocycles. The van der Waals surface area contributed by atoms with Gasteiger partial charge in [-0.2, -0.15) is 0 Å². The van der Waals surface area contributed by atoms with E-state index >= 15 is 0 Å². The van der Waals surface area contributed by atoms with E-state index < -0.39 is 18.0 Å². The Hall–Kier alpha value is -3.07. The van der Waals surface area contributed by atoms with Crippen molar-refractivity contribution in [3.8, 4) is 0 Å². The first-order valence-electron chi connectivity index (χ1n) is 9.74. The highest BCUT2D eigenvalue weighted by Crippen LogP contribution is 2.14. The van der Waals surface area contributed by atoms with E-state index in [9.17, 15) is 14.4 Å². The quantitative estimate of drug-likeness (QED) is 0.518. The molecular weight excluding hydrogens is 450 g/mol. The van der Waals surface area contributed by atoms with E-state index in [-0.39, 0.29) is 12.5 Å². The molecule has 0 radical (unpaired) electrons. The SMILES string of the molecule is O=C(Nc1ccc(Br)cc1)N[C@@H](Cc1ccccc1)C(=O)NN1CCCCNC1=O. The van der Waals surface area contributed by atoms with Crippen LogP contribution in [0.25, 0.3) is 0 Å². The molecule has 2 aromatic rings. The Labute approximate surface area is 183 Å². The van der Waals surface area contributed by atoms with Gasteiger partial charge in [-0.25, -0.2) is 14.6 Å². The number of hydrogen-bond donors (Lipinski definition) is 4. The van der Waals surface area contributed by atoms with Gasteiger partial charge in [-0.15, -0.1) is 0 Å². The Morgan fingerprint density at radius 1 is 1.07 bits per heavy atom. The molecule has 1 saturated heterocycles. The maximum absolute atomic E-state index is 12.9. The lowest BCUT2D eigenvalue weighted by Gasteiger charge is -2.25. The third-order valence-corrected chi connectivity index (χ3v) is 5.11. The second kappa shape index (κ2) is 10.6. The number of rotatable bonds is 6. The Morgan fingerprint density at radius 3 is 2.53 bits per heavy atom. The van der Waals surface area contributed by atoms with Crippen LogP contribution in [0.15, 0.2) is 59.1 Å². The number of carbonyl (C=O) groups excluding carboxylic acids is 3. The molecule has 0 aromatic heterocycles. The first-order chi connectivity index (χ1) is 14.5. The normalized spacial score (nSPS) is 14.8. The van der Waals surface area contributed by atoms with E-state index in [1.807, 2.05) is 42.5 Å². The zero-order valence-corrected chi connectivity index (χ0v) is 17.9. The molecule has 0 spiro atoms. The van der Waals surface area contributed by atoms with Crippen molar-refractivity contribution in [3.05, 3.63) is 64.6 Å². The first-order valence-corrected chi connectivity index (χ1v) is 10.5. The largest absolute Gasteiger partial charge is 0.337 e. The smallest absolute Gasteiger partial charge is 0.336 e. The van der Waals surface area contributed by atoms with Crippen molar-refractivity contribution in [2.24, 2.45) is 0 Å². The molecule has 5 amide bonds. The molecule has 0 unspecified atom stereocenters. The molecule has 0 bridgehead atoms. The number of benzene rings is 2. The van der Waals surface area contributed by atoms with Crippen molar-refractivity contribution in [1.29, 1.82) is 0 Å². The van der Waals surface area contributed by atoms with Crippen LogP contribution in [-0.2, 0) is 11.2 Å². The van der Waals surface area contributed by atoms with Gasteiger partial charge in [0.25, 0.3) is 5.91 Å². The van der Waals surface area contributed by atoms with Crippen LogP contribution in [0.5, 0.6) is 0 Å². The minimum atomic E-state index is -0.862. The van der Waals surface area contributed by atoms with Gasteiger partial charge in [-0.1, -0.05) is 46.3 Å². The summed E-state index contributed by atoms with van der Waals surface area (Å²) in [6, 6.07) is 14.8. The molecule has 1 atom stereocenters. The number of hydrogen-bond acceptors (Lipinski definition) is 3. The summed E-state index contributed by atoms with van der Waals surface area (Å²) in [6.07, 6.45) is 1.91. The monoisotopic (exact) mass is 473 g/mol. The van der Waals surface area contributed by atoms with Gasteiger partial charge < -0.3 is 16.0 Å². The Balaban J connectivity index is 1.68. The Kier molecular flexibility index (Phi) is 7.67. The number of nitrogens with zero attached hydrogens (tertiary/aromatic N) is 1. The Bertz CT molecular complexity index is 876. The zero-order valence-electron chi connectivity index (χ0n) is 16.4. The van der Waals surface area contributed by atoms with Gasteiger partial charge in [-0.05, 0) is 42.7 Å². The van der Waals surface area contributed by atoms with Crippen LogP contribution in [0, 0.1) is 0 Å². The van der Waals surface area contributed by atoms with Gasteiger partial charge in [-0.3, -0.25) is 10.2 Å². The summed E-state index contributed by atoms with van der Waals surface area (Å²) in [5, 5.41) is 9.44. The van der Waals surface area contributed by atoms with Crippen molar-refractivity contribution >= 4 is 39.6 Å². The molecule has 0 aliphatic carbocycles. The van der Waals surface area contributed by atoms with E-state index in [4.69, 9.17) is 0 Å². The van der Waals surface area contributed by atoms with Crippen LogP contribution in [0.4, 0.5) is 15.3 Å². The Morgan fingerprint density at radius 2 is 1.80 bits per heavy atom. The van der Waals surface area contributed by atoms with Crippen molar-refractivity contribution in [2.45, 2.75) is 25.3 Å². The molecule has 1 aliphatic rings. The molecule has 3 rings (SSSR count). The number of amides is 5. The van der Waals surface area contributed by atoms with E-state index in [1.54, 1.807) is 12.1 Å². The van der Waals surface area contributed by atoms with Crippen LogP contribution < -0.4 is 21.4 Å². The molecule has 9 heteroatoms. The number of anilines is 1. The van der Waals surface area contributed by atoms with Gasteiger partial charge in [0.1, 0.15) is 6.04 Å². The van der Waals surface area contributed by atoms with Crippen LogP contribution in [0.2, 0.25) is 0 Å². The summed E-state index contributed by atoms with van der Waals surface area (Å²) in [6.45, 7) is 0.993. The lowest BCUT2D eigenvalue weighted by molar-refractivity contribution is -0.126. The summed E-state index contributed by atoms with van der Waals surface area (Å²) >= 11 is 3.35. The molecule has 8 nitrogen and oxygen atoms in total. The van der Waals surface area contributed by atoms with Crippen LogP contribution in [0.1, 0.15) is 18.4 Å². The fourth-order valence-electron chi connectivity index (χ4n) is 3.02. The molecule has 1 fully saturated rings. The third-order valence-electron chi connectivity index (χ3n) is 4.58. The van der Waals surface area contributed by atoms with E-state index in [2.05, 4.69) is 37.3 Å². The average Bonchev–Trinajstić information content (AvgIpc) is 2.94. The van der Waals surface area contributed by atoms with Crippen molar-refractivity contribution in [1.82, 2.24) is 21.1 Å². The zero-order chi connectivity index (χ0) is 21.3. The molecule has 158 valence electrons. The third kappa shape index (κ3) is 6.48. The van der Waals surface area contributed by atoms with E-state index in [1.165, 1.54) is 5.01 Å². The van der Waals surface area contributed by atoms with Gasteiger partial charge in [0, 0.05) is 29.7 Å². The first kappa shape index (κ1) is 21.6. The number of nitrogens with one attached hydrogen (secondary N) is 4. The average molecular weight is 474 g/mol. The second-order valence-electron chi connectivity index (χ2n) is 6.91. The van der Waals surface area contributed by atoms with E-state index in [0.29, 0.717) is 18.8 Å². The second-order valence-corrected chi connectivity index (χ2v) is 7.83. The van der Waals surface area contributed by atoms with Gasteiger partial charge in [0.2, 0.25) is 0 Å². The summed E-state index contributed by atoms with van der Waals surface area (Å²) in [5.41, 5.74) is 4.13. The molecule has 0 saturated carbocycles. The number of carbonyl (C=O) groups is 3. The van der Waals surface area contributed by atoms with Crippen molar-refractivity contribution < 1.29 is 14.4 Å². The minimum absolute atomic E-state index is 0.288. The lowest BCUT2D eigenvalue weighted by atomic mass is 10.1. The summed E-state index contributed by atoms with van der Waals surface area (Å²) in [4.78, 5) is 37.6. The van der Waals surface area contributed by atoms with Gasteiger partial charge in [0.05, 0.1) is 0 Å². The predicted octanol–water partition coefficient (Wildman–Crippen LogP) is 3.02. The lowest BCUT2D eigenvalue weighted by Crippen LogP contribution is -2.56. The standard InChI is InChI=1S/C21H24BrN5O3/c22-16-8-10-17(11-9-16)24-20(29)25-18(14-15-6-2-1-3-7-15)19(28)26-27-13-5-4-12-23-21(27)30/h1-3,6-11,18H,4-5,12-14H2,(H,23,30)(H,26,28)(H2,24,25,29)/t18-/m0/s1. The highest BCUT2D eigenvalue weighted by molar-refractivity contribution is 9.10. The number of urea groups is 2. The maximum Gasteiger partial charge on any atom is 0.336 e. The number of halogens is 1. The number of hydrazine groups is 1. The highest BCUT2D eigenvalue weighted by atomic mass is 79.9. The molecule has 1 aliphatic heterocycles. The fraction of sp³-hybridized carbons (Fsp3) is 0.286. The van der Waals surface area contributed by atoms with Crippen LogP contribution in [-0.4, -0.2) is 42.1 Å². The molecule has 4 N–H and O–H groups in total. The van der Waals surface area contributed by atoms with E-state index in [0.717, 1.165) is 22.9 Å². The molecule has 30 heavy (non-hydrogen) atoms. The minimum Gasteiger partial charge on any atom is -0.337 e. The predicted molar refractivity (Wildman–Crippen MR) is 118 cm³/mol. The fourth-order valence-corrected chi connectivity index (χ4v) is 3.29. The summed E-state index contributed by atoms with van der Waals surface area (Å²) < 4.78 is 0.894. The van der Waals surface area contributed by atoms with Crippen LogP contribution in [0.3, 0.4) is 0 Å². The van der Waals surface area contributed by atoms with Crippen molar-refractivity contribution in [3.63, 3.8) is 0 Å². The maximum atomic E-state index is 12.9. The summed E-state index contributed by atoms with van der Waals surface area (Å²) in [7, 11) is 0. The molecular formula is C21H24BrN5O3. The van der Waals surface area contributed by atoms with Gasteiger partial charge >= 0.3 is 12.1 Å².